The van der Waals surface area contributed by atoms with Crippen molar-refractivity contribution in [1.29, 1.82) is 0 Å². The number of carbonyl (C=O) groups excluding carboxylic acids is 6. The average Bonchev–Trinajstić information content (AvgIpc) is 3.35. The van der Waals surface area contributed by atoms with Crippen molar-refractivity contribution in [3.8, 4) is 0 Å². The van der Waals surface area contributed by atoms with Crippen molar-refractivity contribution >= 4 is 35.6 Å². The zero-order valence-electron chi connectivity index (χ0n) is 28.4. The van der Waals surface area contributed by atoms with E-state index in [1.165, 1.54) is 11.0 Å². The molecule has 13 heteroatoms. The largest absolute Gasteiger partial charge is 0.347 e. The molecule has 2 aliphatic heterocycles. The minimum absolute atomic E-state index is 0.124. The third-order valence-electron chi connectivity index (χ3n) is 8.24. The molecule has 0 aliphatic carbocycles. The Bertz CT molecular complexity index is 1110. The number of carbonyl (C=O) groups is 6. The van der Waals surface area contributed by atoms with Crippen LogP contribution in [0.1, 0.15) is 74.7 Å². The highest BCUT2D eigenvalue weighted by Crippen LogP contribution is 2.33. The molecule has 4 atom stereocenters. The Morgan fingerprint density at radius 3 is 2.22 bits per heavy atom. The number of likely N-dealkylation sites (tertiary alicyclic amines) is 1. The first-order chi connectivity index (χ1) is 20.9. The Hall–Kier alpha value is -3.64. The summed E-state index contributed by atoms with van der Waals surface area (Å²) < 4.78 is 0. The van der Waals surface area contributed by atoms with Crippen LogP contribution in [0.25, 0.3) is 0 Å². The molecule has 5 N–H and O–H groups in total. The van der Waals surface area contributed by atoms with Crippen molar-refractivity contribution in [2.75, 3.05) is 39.3 Å². The molecule has 0 spiro atoms. The molecule has 13 nitrogen and oxygen atoms in total. The standard InChI is InChI=1S/C32H55N7O6/c1-10-13-33-26(41)22(40)18-35-27(42)24-21(17-20(2)3)12-16-39(24)28(43)25(32(7,8)9)37-29(44)36-23(31(4,5)6)19-38-15-11-14-34-30(38)45/h10,20-21,23-25H,1,11-19H2,2-9H3,(H,33,41)(H,34,45)(H,35,42)(H2,36,37,44)/t21-,23-,24+,25-/m1/s1. The maximum absolute atomic E-state index is 14.2. The van der Waals surface area contributed by atoms with Crippen molar-refractivity contribution in [3.05, 3.63) is 12.7 Å². The summed E-state index contributed by atoms with van der Waals surface area (Å²) in [6, 6.07) is -2.96. The van der Waals surface area contributed by atoms with Crippen LogP contribution in [-0.2, 0) is 19.2 Å². The first-order valence-electron chi connectivity index (χ1n) is 16.0. The van der Waals surface area contributed by atoms with Crippen LogP contribution in [0.5, 0.6) is 0 Å². The number of urea groups is 2. The van der Waals surface area contributed by atoms with E-state index in [0.717, 1.165) is 6.42 Å². The Labute approximate surface area is 268 Å². The molecule has 2 fully saturated rings. The Morgan fingerprint density at radius 2 is 1.67 bits per heavy atom. The summed E-state index contributed by atoms with van der Waals surface area (Å²) in [4.78, 5) is 81.0. The molecule has 0 radical (unpaired) electrons. The SMILES string of the molecule is C=CCNC(=O)C(=O)CNC(=O)[C@@H]1[C@@H](CC(C)C)CCN1C(=O)[C@@H](NC(=O)N[C@H](CN1CCCNC1=O)C(C)(C)C)C(C)(C)C. The normalized spacial score (nSPS) is 20.2. The molecule has 45 heavy (non-hydrogen) atoms. The third-order valence-corrected chi connectivity index (χ3v) is 8.24. The highest BCUT2D eigenvalue weighted by Gasteiger charge is 2.46. The van der Waals surface area contributed by atoms with Gasteiger partial charge in [0.15, 0.2) is 0 Å². The van der Waals surface area contributed by atoms with Gasteiger partial charge in [-0.15, -0.1) is 6.58 Å². The summed E-state index contributed by atoms with van der Waals surface area (Å²) in [6.45, 7) is 20.5. The molecule has 0 unspecified atom stereocenters. The summed E-state index contributed by atoms with van der Waals surface area (Å²) in [5, 5.41) is 13.7. The lowest BCUT2D eigenvalue weighted by atomic mass is 9.84. The summed E-state index contributed by atoms with van der Waals surface area (Å²) in [5.41, 5.74) is -1.10. The third kappa shape index (κ3) is 11.0. The van der Waals surface area contributed by atoms with E-state index in [-0.39, 0.29) is 24.4 Å². The Morgan fingerprint density at radius 1 is 1.00 bits per heavy atom. The lowest BCUT2D eigenvalue weighted by Crippen LogP contribution is -2.62. The van der Waals surface area contributed by atoms with E-state index in [0.29, 0.717) is 39.0 Å². The average molecular weight is 634 g/mol. The first kappa shape index (κ1) is 37.5. The topological polar surface area (TPSA) is 169 Å². The van der Waals surface area contributed by atoms with Gasteiger partial charge in [-0.2, -0.15) is 0 Å². The smallest absolute Gasteiger partial charge is 0.317 e. The van der Waals surface area contributed by atoms with Crippen LogP contribution in [0.2, 0.25) is 0 Å². The van der Waals surface area contributed by atoms with Crippen LogP contribution in [0.4, 0.5) is 9.59 Å². The second kappa shape index (κ2) is 16.1. The predicted molar refractivity (Wildman–Crippen MR) is 172 cm³/mol. The molecule has 0 saturated carbocycles. The summed E-state index contributed by atoms with van der Waals surface area (Å²) in [6.07, 6.45) is 3.52. The number of hydrogen-bond acceptors (Lipinski definition) is 6. The van der Waals surface area contributed by atoms with Gasteiger partial charge in [-0.1, -0.05) is 61.5 Å². The van der Waals surface area contributed by atoms with Gasteiger partial charge in [0, 0.05) is 32.7 Å². The van der Waals surface area contributed by atoms with Gasteiger partial charge >= 0.3 is 12.1 Å². The zero-order valence-corrected chi connectivity index (χ0v) is 28.4. The van der Waals surface area contributed by atoms with Crippen LogP contribution in [0.3, 0.4) is 0 Å². The minimum atomic E-state index is -0.976. The Balaban J connectivity index is 2.24. The number of rotatable bonds is 13. The number of Topliss-reactive ketones (excluding diaryl/α,β-unsaturated/α-hetero) is 1. The van der Waals surface area contributed by atoms with Gasteiger partial charge in [-0.25, -0.2) is 9.59 Å². The Kier molecular flexibility index (Phi) is 13.4. The fourth-order valence-electron chi connectivity index (χ4n) is 5.68. The second-order valence-electron chi connectivity index (χ2n) is 14.7. The van der Waals surface area contributed by atoms with Gasteiger partial charge < -0.3 is 36.4 Å². The second-order valence-corrected chi connectivity index (χ2v) is 14.7. The lowest BCUT2D eigenvalue weighted by molar-refractivity contribution is -0.143. The number of nitrogens with zero attached hydrogens (tertiary/aromatic N) is 2. The van der Waals surface area contributed by atoms with E-state index < -0.39 is 65.0 Å². The monoisotopic (exact) mass is 633 g/mol. The molecule has 0 aromatic carbocycles. The zero-order chi connectivity index (χ0) is 34.1. The van der Waals surface area contributed by atoms with Crippen molar-refractivity contribution in [2.24, 2.45) is 22.7 Å². The van der Waals surface area contributed by atoms with E-state index in [2.05, 4.69) is 33.2 Å². The molecule has 2 aliphatic rings. The highest BCUT2D eigenvalue weighted by molar-refractivity contribution is 6.37. The van der Waals surface area contributed by atoms with Gasteiger partial charge in [0.25, 0.3) is 5.91 Å². The molecule has 0 aromatic rings. The van der Waals surface area contributed by atoms with Crippen molar-refractivity contribution in [3.63, 3.8) is 0 Å². The maximum Gasteiger partial charge on any atom is 0.317 e. The first-order valence-corrected chi connectivity index (χ1v) is 16.0. The molecule has 2 saturated heterocycles. The molecule has 0 aromatic heterocycles. The minimum Gasteiger partial charge on any atom is -0.347 e. The van der Waals surface area contributed by atoms with Crippen molar-refractivity contribution < 1.29 is 28.8 Å². The fraction of sp³-hybridized carbons (Fsp3) is 0.750. The van der Waals surface area contributed by atoms with E-state index in [4.69, 9.17) is 0 Å². The van der Waals surface area contributed by atoms with Gasteiger partial charge in [-0.05, 0) is 41.9 Å². The molecule has 254 valence electrons. The van der Waals surface area contributed by atoms with Crippen molar-refractivity contribution in [2.45, 2.75) is 92.8 Å². The summed E-state index contributed by atoms with van der Waals surface area (Å²) in [5.74, 6) is -2.45. The van der Waals surface area contributed by atoms with E-state index in [9.17, 15) is 28.8 Å². The van der Waals surface area contributed by atoms with Gasteiger partial charge in [0.05, 0.1) is 12.6 Å². The predicted octanol–water partition coefficient (Wildman–Crippen LogP) is 1.78. The number of amides is 7. The molecular weight excluding hydrogens is 578 g/mol. The number of ketones is 1. The quantitative estimate of drug-likeness (QED) is 0.153. The van der Waals surface area contributed by atoms with Crippen molar-refractivity contribution in [1.82, 2.24) is 36.4 Å². The molecule has 2 rings (SSSR count). The molecule has 0 bridgehead atoms. The van der Waals surface area contributed by atoms with E-state index in [1.54, 1.807) is 4.90 Å². The molecule has 2 heterocycles. The van der Waals surface area contributed by atoms with Gasteiger partial charge in [0.2, 0.25) is 17.6 Å². The fourth-order valence-corrected chi connectivity index (χ4v) is 5.68. The van der Waals surface area contributed by atoms with Gasteiger partial charge in [-0.3, -0.25) is 19.2 Å². The van der Waals surface area contributed by atoms with Crippen LogP contribution in [0, 0.1) is 22.7 Å². The van der Waals surface area contributed by atoms with Crippen LogP contribution >= 0.6 is 0 Å². The van der Waals surface area contributed by atoms with Gasteiger partial charge in [0.1, 0.15) is 12.1 Å². The van der Waals surface area contributed by atoms with Crippen LogP contribution in [0.15, 0.2) is 12.7 Å². The molecular formula is C32H55N7O6. The number of hydrogen-bond donors (Lipinski definition) is 5. The summed E-state index contributed by atoms with van der Waals surface area (Å²) >= 11 is 0. The molecule has 7 amide bonds. The maximum atomic E-state index is 14.2. The summed E-state index contributed by atoms with van der Waals surface area (Å²) in [7, 11) is 0. The van der Waals surface area contributed by atoms with E-state index in [1.807, 2.05) is 55.4 Å². The van der Waals surface area contributed by atoms with Crippen LogP contribution in [-0.4, -0.2) is 103 Å². The number of nitrogens with one attached hydrogen (secondary N) is 5. The van der Waals surface area contributed by atoms with E-state index >= 15 is 0 Å². The van der Waals surface area contributed by atoms with Crippen LogP contribution < -0.4 is 26.6 Å². The highest BCUT2D eigenvalue weighted by atomic mass is 16.2. The lowest BCUT2D eigenvalue weighted by Gasteiger charge is -2.39.